The zero-order valence-corrected chi connectivity index (χ0v) is 17.8. The number of methoxy groups -OCH3 is 1. The van der Waals surface area contributed by atoms with Crippen LogP contribution in [0.25, 0.3) is 0 Å². The number of oxazole rings is 1. The number of carbonyl (C=O) groups excluding carboxylic acids is 1. The highest BCUT2D eigenvalue weighted by molar-refractivity contribution is 6.31. The first-order valence-corrected chi connectivity index (χ1v) is 10.6. The first kappa shape index (κ1) is 20.5. The average Bonchev–Trinajstić information content (AvgIpc) is 3.24. The van der Waals surface area contributed by atoms with Crippen LogP contribution in [0.5, 0.6) is 5.75 Å². The Morgan fingerprint density at radius 1 is 1.27 bits per heavy atom. The minimum absolute atomic E-state index is 0.119. The van der Waals surface area contributed by atoms with Crippen LogP contribution in [0.15, 0.2) is 59.1 Å². The molecule has 0 bridgehead atoms. The van der Waals surface area contributed by atoms with E-state index in [1.54, 1.807) is 13.3 Å². The van der Waals surface area contributed by atoms with Gasteiger partial charge in [-0.25, -0.2) is 4.98 Å². The number of rotatable bonds is 6. The monoisotopic (exact) mass is 424 g/mol. The van der Waals surface area contributed by atoms with Crippen molar-refractivity contribution in [1.29, 1.82) is 0 Å². The normalized spacial score (nSPS) is 16.5. The molecule has 0 aliphatic carbocycles. The Labute approximate surface area is 181 Å². The second-order valence-corrected chi connectivity index (χ2v) is 8.05. The molecule has 1 saturated heterocycles. The molecule has 1 aliphatic rings. The van der Waals surface area contributed by atoms with Gasteiger partial charge in [0.2, 0.25) is 5.91 Å². The fourth-order valence-corrected chi connectivity index (χ4v) is 4.10. The molecule has 30 heavy (non-hydrogen) atoms. The van der Waals surface area contributed by atoms with E-state index in [1.807, 2.05) is 53.4 Å². The van der Waals surface area contributed by atoms with Crippen molar-refractivity contribution in [3.8, 4) is 5.75 Å². The smallest absolute Gasteiger partial charge is 0.227 e. The second kappa shape index (κ2) is 9.35. The van der Waals surface area contributed by atoms with Crippen LogP contribution < -0.4 is 4.74 Å². The molecule has 0 saturated carbocycles. The van der Waals surface area contributed by atoms with Gasteiger partial charge < -0.3 is 14.1 Å². The standard InChI is InChI=1S/C24H25ClN2O3/c1-29-20-9-4-6-17(12-20)13-23(28)27-11-5-8-19(16-27)24-26-15-21(30-24)14-18-7-2-3-10-22(18)25/h2-4,6-7,9-10,12,15,19H,5,8,11,13-14,16H2,1H3. The van der Waals surface area contributed by atoms with Crippen molar-refractivity contribution < 1.29 is 13.9 Å². The number of likely N-dealkylation sites (tertiary alicyclic amines) is 1. The molecular formula is C24H25ClN2O3. The zero-order chi connectivity index (χ0) is 20.9. The number of benzene rings is 2. The van der Waals surface area contributed by atoms with Gasteiger partial charge in [0.15, 0.2) is 5.89 Å². The van der Waals surface area contributed by atoms with Crippen LogP contribution in [-0.2, 0) is 17.6 Å². The molecule has 3 aromatic rings. The van der Waals surface area contributed by atoms with E-state index in [4.69, 9.17) is 20.8 Å². The number of amides is 1. The van der Waals surface area contributed by atoms with Gasteiger partial charge in [-0.2, -0.15) is 0 Å². The van der Waals surface area contributed by atoms with Crippen LogP contribution in [0, 0.1) is 0 Å². The summed E-state index contributed by atoms with van der Waals surface area (Å²) in [5.74, 6) is 2.50. The predicted molar refractivity (Wildman–Crippen MR) is 116 cm³/mol. The molecule has 0 radical (unpaired) electrons. The van der Waals surface area contributed by atoms with Crippen molar-refractivity contribution in [2.45, 2.75) is 31.6 Å². The molecule has 0 N–H and O–H groups in total. The zero-order valence-electron chi connectivity index (χ0n) is 17.0. The van der Waals surface area contributed by atoms with Gasteiger partial charge in [0, 0.05) is 24.5 Å². The Morgan fingerprint density at radius 3 is 2.97 bits per heavy atom. The third-order valence-electron chi connectivity index (χ3n) is 5.51. The third-order valence-corrected chi connectivity index (χ3v) is 5.88. The molecule has 1 fully saturated rings. The van der Waals surface area contributed by atoms with Gasteiger partial charge in [-0.05, 0) is 42.2 Å². The van der Waals surface area contributed by atoms with Gasteiger partial charge in [-0.1, -0.05) is 41.9 Å². The summed E-state index contributed by atoms with van der Waals surface area (Å²) in [5, 5.41) is 0.724. The quantitative estimate of drug-likeness (QED) is 0.566. The number of carbonyl (C=O) groups is 1. The Morgan fingerprint density at radius 2 is 2.13 bits per heavy atom. The minimum atomic E-state index is 0.119. The molecule has 2 heterocycles. The maximum atomic E-state index is 12.8. The van der Waals surface area contributed by atoms with E-state index in [2.05, 4.69) is 4.98 Å². The number of halogens is 1. The molecule has 2 aromatic carbocycles. The summed E-state index contributed by atoms with van der Waals surface area (Å²) in [6, 6.07) is 15.4. The van der Waals surface area contributed by atoms with E-state index in [9.17, 15) is 4.79 Å². The van der Waals surface area contributed by atoms with Gasteiger partial charge in [0.05, 0.1) is 25.6 Å². The van der Waals surface area contributed by atoms with Gasteiger partial charge >= 0.3 is 0 Å². The van der Waals surface area contributed by atoms with E-state index in [0.29, 0.717) is 25.3 Å². The van der Waals surface area contributed by atoms with Crippen molar-refractivity contribution in [2.75, 3.05) is 20.2 Å². The van der Waals surface area contributed by atoms with Crippen molar-refractivity contribution in [3.05, 3.63) is 82.5 Å². The summed E-state index contributed by atoms with van der Waals surface area (Å²) < 4.78 is 11.3. The maximum absolute atomic E-state index is 12.8. The number of aromatic nitrogens is 1. The Balaban J connectivity index is 1.39. The SMILES string of the molecule is COc1cccc(CC(=O)N2CCCC(c3ncc(Cc4ccccc4Cl)o3)C2)c1. The van der Waals surface area contributed by atoms with E-state index >= 15 is 0 Å². The molecule has 1 unspecified atom stereocenters. The Kier molecular flexibility index (Phi) is 6.38. The lowest BCUT2D eigenvalue weighted by molar-refractivity contribution is -0.131. The lowest BCUT2D eigenvalue weighted by atomic mass is 9.97. The predicted octanol–water partition coefficient (Wildman–Crippen LogP) is 4.88. The maximum Gasteiger partial charge on any atom is 0.227 e. The van der Waals surface area contributed by atoms with E-state index in [-0.39, 0.29) is 11.8 Å². The highest BCUT2D eigenvalue weighted by Gasteiger charge is 2.28. The molecular weight excluding hydrogens is 400 g/mol. The van der Waals surface area contributed by atoms with E-state index < -0.39 is 0 Å². The summed E-state index contributed by atoms with van der Waals surface area (Å²) >= 11 is 6.26. The van der Waals surface area contributed by atoms with Gasteiger partial charge in [-0.15, -0.1) is 0 Å². The number of piperidine rings is 1. The Hall–Kier alpha value is -2.79. The topological polar surface area (TPSA) is 55.6 Å². The molecule has 5 nitrogen and oxygen atoms in total. The summed E-state index contributed by atoms with van der Waals surface area (Å²) in [4.78, 5) is 19.3. The summed E-state index contributed by atoms with van der Waals surface area (Å²) in [5.41, 5.74) is 1.97. The average molecular weight is 425 g/mol. The van der Waals surface area contributed by atoms with Crippen LogP contribution in [-0.4, -0.2) is 36.0 Å². The number of hydrogen-bond acceptors (Lipinski definition) is 4. The fraction of sp³-hybridized carbons (Fsp3) is 0.333. The fourth-order valence-electron chi connectivity index (χ4n) is 3.90. The molecule has 1 amide bonds. The van der Waals surface area contributed by atoms with Crippen molar-refractivity contribution >= 4 is 17.5 Å². The molecule has 0 spiro atoms. The van der Waals surface area contributed by atoms with Crippen LogP contribution in [0.4, 0.5) is 0 Å². The van der Waals surface area contributed by atoms with Crippen LogP contribution in [0.3, 0.4) is 0 Å². The molecule has 6 heteroatoms. The number of nitrogens with zero attached hydrogens (tertiary/aromatic N) is 2. The van der Waals surface area contributed by atoms with E-state index in [1.165, 1.54) is 0 Å². The second-order valence-electron chi connectivity index (χ2n) is 7.64. The largest absolute Gasteiger partial charge is 0.497 e. The van der Waals surface area contributed by atoms with Gasteiger partial charge in [0.25, 0.3) is 0 Å². The first-order chi connectivity index (χ1) is 14.6. The molecule has 156 valence electrons. The van der Waals surface area contributed by atoms with E-state index in [0.717, 1.165) is 47.0 Å². The lowest BCUT2D eigenvalue weighted by Gasteiger charge is -2.31. The third kappa shape index (κ3) is 4.85. The van der Waals surface area contributed by atoms with Crippen LogP contribution >= 0.6 is 11.6 Å². The van der Waals surface area contributed by atoms with Crippen molar-refractivity contribution in [1.82, 2.24) is 9.88 Å². The van der Waals surface area contributed by atoms with Crippen LogP contribution in [0.2, 0.25) is 5.02 Å². The summed E-state index contributed by atoms with van der Waals surface area (Å²) in [6.45, 7) is 1.40. The highest BCUT2D eigenvalue weighted by Crippen LogP contribution is 2.28. The molecule has 1 atom stereocenters. The Bertz CT molecular complexity index is 1020. The number of hydrogen-bond donors (Lipinski definition) is 0. The highest BCUT2D eigenvalue weighted by atomic mass is 35.5. The van der Waals surface area contributed by atoms with Crippen molar-refractivity contribution in [2.24, 2.45) is 0 Å². The summed E-state index contributed by atoms with van der Waals surface area (Å²) in [6.07, 6.45) is 4.66. The van der Waals surface area contributed by atoms with Gasteiger partial charge in [0.1, 0.15) is 11.5 Å². The van der Waals surface area contributed by atoms with Crippen molar-refractivity contribution in [3.63, 3.8) is 0 Å². The lowest BCUT2D eigenvalue weighted by Crippen LogP contribution is -2.40. The molecule has 4 rings (SSSR count). The molecule has 1 aromatic heterocycles. The van der Waals surface area contributed by atoms with Crippen LogP contribution in [0.1, 0.15) is 41.5 Å². The minimum Gasteiger partial charge on any atom is -0.497 e. The van der Waals surface area contributed by atoms with Gasteiger partial charge in [-0.3, -0.25) is 4.79 Å². The summed E-state index contributed by atoms with van der Waals surface area (Å²) in [7, 11) is 1.63. The first-order valence-electron chi connectivity index (χ1n) is 10.2. The molecule has 1 aliphatic heterocycles. The number of ether oxygens (including phenoxy) is 1.